The number of ether oxygens (including phenoxy) is 1. The molecule has 8 heteroatoms. The van der Waals surface area contributed by atoms with E-state index in [-0.39, 0.29) is 12.4 Å². The van der Waals surface area contributed by atoms with Gasteiger partial charge >= 0.3 is 6.18 Å². The van der Waals surface area contributed by atoms with Gasteiger partial charge in [0, 0.05) is 39.1 Å². The lowest BCUT2D eigenvalue weighted by atomic mass is 9.97. The molecule has 1 aliphatic heterocycles. The highest BCUT2D eigenvalue weighted by Gasteiger charge is 2.56. The van der Waals surface area contributed by atoms with Gasteiger partial charge in [0.2, 0.25) is 5.60 Å². The van der Waals surface area contributed by atoms with E-state index in [0.29, 0.717) is 25.7 Å². The highest BCUT2D eigenvalue weighted by molar-refractivity contribution is 5.08. The summed E-state index contributed by atoms with van der Waals surface area (Å²) in [4.78, 5) is 3.67. The molecule has 22 heavy (non-hydrogen) atoms. The third-order valence-electron chi connectivity index (χ3n) is 4.10. The quantitative estimate of drug-likeness (QED) is 0.781. The normalized spacial score (nSPS) is 20.0. The van der Waals surface area contributed by atoms with E-state index >= 15 is 0 Å². The molecule has 0 amide bonds. The highest BCUT2D eigenvalue weighted by Crippen LogP contribution is 2.40. The van der Waals surface area contributed by atoms with Crippen molar-refractivity contribution in [1.29, 1.82) is 0 Å². The Morgan fingerprint density at radius 3 is 2.64 bits per heavy atom. The molecule has 1 atom stereocenters. The van der Waals surface area contributed by atoms with Gasteiger partial charge in [-0.15, -0.1) is 0 Å². The van der Waals surface area contributed by atoms with Crippen LogP contribution in [0.15, 0.2) is 12.4 Å². The molecule has 0 bridgehead atoms. The number of rotatable bonds is 6. The van der Waals surface area contributed by atoms with Crippen LogP contribution in [0.3, 0.4) is 0 Å². The maximum atomic E-state index is 13.3. The van der Waals surface area contributed by atoms with Crippen molar-refractivity contribution in [3.8, 4) is 0 Å². The van der Waals surface area contributed by atoms with Gasteiger partial charge in [0.25, 0.3) is 0 Å². The topological polar surface area (TPSA) is 59.3 Å². The minimum Gasteiger partial charge on any atom is -0.381 e. The summed E-state index contributed by atoms with van der Waals surface area (Å²) < 4.78 is 46.3. The fraction of sp³-hybridized carbons (Fsp3) is 0.786. The zero-order valence-electron chi connectivity index (χ0n) is 12.6. The third kappa shape index (κ3) is 3.80. The number of aliphatic hydroxyl groups is 1. The number of hydrogen-bond acceptors (Lipinski definition) is 4. The minimum atomic E-state index is -4.77. The van der Waals surface area contributed by atoms with Crippen molar-refractivity contribution in [3.63, 3.8) is 0 Å². The highest BCUT2D eigenvalue weighted by atomic mass is 19.4. The molecular weight excluding hydrogens is 299 g/mol. The molecule has 2 N–H and O–H groups in total. The van der Waals surface area contributed by atoms with E-state index < -0.39 is 18.2 Å². The molecule has 2 rings (SSSR count). The van der Waals surface area contributed by atoms with Gasteiger partial charge in [0.15, 0.2) is 0 Å². The van der Waals surface area contributed by atoms with Crippen LogP contribution in [0.25, 0.3) is 0 Å². The monoisotopic (exact) mass is 321 g/mol. The molecule has 1 aromatic heterocycles. The number of halogens is 3. The first-order valence-electron chi connectivity index (χ1n) is 7.40. The molecule has 5 nitrogen and oxygen atoms in total. The average Bonchev–Trinajstić information content (AvgIpc) is 2.90. The molecule has 0 saturated carbocycles. The Labute approximate surface area is 127 Å². The Kier molecular flexibility index (Phi) is 5.46. The molecule has 2 heterocycles. The van der Waals surface area contributed by atoms with Crippen molar-refractivity contribution in [2.24, 2.45) is 13.0 Å². The van der Waals surface area contributed by atoms with Crippen molar-refractivity contribution in [2.75, 3.05) is 26.3 Å². The Morgan fingerprint density at radius 1 is 1.41 bits per heavy atom. The number of imidazole rings is 1. The zero-order chi connectivity index (χ0) is 16.2. The van der Waals surface area contributed by atoms with Crippen LogP contribution >= 0.6 is 0 Å². The Bertz CT molecular complexity index is 472. The summed E-state index contributed by atoms with van der Waals surface area (Å²) in [5.74, 6) is 0.0359. The van der Waals surface area contributed by atoms with Crippen LogP contribution in [-0.4, -0.2) is 47.1 Å². The lowest BCUT2D eigenvalue weighted by molar-refractivity contribution is -0.272. The van der Waals surface area contributed by atoms with Gasteiger partial charge in [-0.05, 0) is 31.8 Å². The fourth-order valence-electron chi connectivity index (χ4n) is 2.67. The van der Waals surface area contributed by atoms with Crippen LogP contribution in [0.2, 0.25) is 0 Å². The summed E-state index contributed by atoms with van der Waals surface area (Å²) >= 11 is 0. The van der Waals surface area contributed by atoms with Crippen molar-refractivity contribution >= 4 is 0 Å². The molecule has 0 aliphatic carbocycles. The fourth-order valence-corrected chi connectivity index (χ4v) is 2.67. The van der Waals surface area contributed by atoms with Crippen molar-refractivity contribution < 1.29 is 23.0 Å². The molecule has 0 aromatic carbocycles. The number of nitrogens with zero attached hydrogens (tertiary/aromatic N) is 2. The lowest BCUT2D eigenvalue weighted by Gasteiger charge is -2.30. The molecule has 0 spiro atoms. The Balaban J connectivity index is 1.92. The lowest BCUT2D eigenvalue weighted by Crippen LogP contribution is -2.46. The van der Waals surface area contributed by atoms with Crippen LogP contribution in [0.1, 0.15) is 25.1 Å². The molecule has 1 aromatic rings. The predicted octanol–water partition coefficient (Wildman–Crippen LogP) is 1.58. The molecule has 126 valence electrons. The zero-order valence-corrected chi connectivity index (χ0v) is 12.6. The number of nitrogens with one attached hydrogen (secondary N) is 1. The first kappa shape index (κ1) is 17.2. The van der Waals surface area contributed by atoms with E-state index in [1.807, 2.05) is 0 Å². The van der Waals surface area contributed by atoms with Crippen LogP contribution in [-0.2, 0) is 17.4 Å². The van der Waals surface area contributed by atoms with E-state index in [9.17, 15) is 18.3 Å². The second kappa shape index (κ2) is 6.97. The second-order valence-electron chi connectivity index (χ2n) is 5.73. The van der Waals surface area contributed by atoms with Gasteiger partial charge in [-0.3, -0.25) is 0 Å². The molecular formula is C14H22F3N3O2. The van der Waals surface area contributed by atoms with Crippen LogP contribution < -0.4 is 5.32 Å². The van der Waals surface area contributed by atoms with E-state index in [1.54, 1.807) is 0 Å². The molecule has 1 aliphatic rings. The van der Waals surface area contributed by atoms with Gasteiger partial charge in [0.05, 0.1) is 0 Å². The maximum Gasteiger partial charge on any atom is 0.424 e. The molecule has 1 saturated heterocycles. The standard InChI is InChI=1S/C14H22F3N3O2/c1-20-7-6-19-12(20)13(21,14(15,16)17)4-5-18-10-11-2-8-22-9-3-11/h6-7,11,18,21H,2-5,8-10H2,1H3. The van der Waals surface area contributed by atoms with E-state index in [0.717, 1.165) is 12.8 Å². The van der Waals surface area contributed by atoms with Crippen LogP contribution in [0.5, 0.6) is 0 Å². The Morgan fingerprint density at radius 2 is 2.09 bits per heavy atom. The van der Waals surface area contributed by atoms with Crippen molar-refractivity contribution in [1.82, 2.24) is 14.9 Å². The second-order valence-corrected chi connectivity index (χ2v) is 5.73. The smallest absolute Gasteiger partial charge is 0.381 e. The molecule has 1 unspecified atom stereocenters. The number of alkyl halides is 3. The molecule has 1 fully saturated rings. The van der Waals surface area contributed by atoms with E-state index in [2.05, 4.69) is 10.3 Å². The summed E-state index contributed by atoms with van der Waals surface area (Å²) in [6.45, 7) is 2.11. The van der Waals surface area contributed by atoms with Gasteiger partial charge in [-0.25, -0.2) is 4.98 Å². The SMILES string of the molecule is Cn1ccnc1C(O)(CCNCC1CCOCC1)C(F)(F)F. The van der Waals surface area contributed by atoms with Gasteiger partial charge in [-0.1, -0.05) is 0 Å². The molecule has 0 radical (unpaired) electrons. The number of aromatic nitrogens is 2. The largest absolute Gasteiger partial charge is 0.424 e. The summed E-state index contributed by atoms with van der Waals surface area (Å²) in [6, 6.07) is 0. The maximum absolute atomic E-state index is 13.3. The van der Waals surface area contributed by atoms with Crippen molar-refractivity contribution in [3.05, 3.63) is 18.2 Å². The van der Waals surface area contributed by atoms with Crippen LogP contribution in [0.4, 0.5) is 13.2 Å². The van der Waals surface area contributed by atoms with Crippen molar-refractivity contribution in [2.45, 2.75) is 31.0 Å². The predicted molar refractivity (Wildman–Crippen MR) is 74.2 cm³/mol. The van der Waals surface area contributed by atoms with Gasteiger partial charge < -0.3 is 19.7 Å². The van der Waals surface area contributed by atoms with E-state index in [1.165, 1.54) is 24.0 Å². The summed E-state index contributed by atoms with van der Waals surface area (Å²) in [5, 5.41) is 13.2. The van der Waals surface area contributed by atoms with Gasteiger partial charge in [0.1, 0.15) is 5.82 Å². The van der Waals surface area contributed by atoms with Gasteiger partial charge in [-0.2, -0.15) is 13.2 Å². The van der Waals surface area contributed by atoms with Crippen LogP contribution in [0, 0.1) is 5.92 Å². The summed E-state index contributed by atoms with van der Waals surface area (Å²) in [7, 11) is 1.44. The minimum absolute atomic E-state index is 0.0697. The van der Waals surface area contributed by atoms with E-state index in [4.69, 9.17) is 4.74 Å². The first-order chi connectivity index (χ1) is 10.3. The number of aryl methyl sites for hydroxylation is 1. The summed E-state index contributed by atoms with van der Waals surface area (Å²) in [6.07, 6.45) is -0.772. The third-order valence-corrected chi connectivity index (χ3v) is 4.10. The average molecular weight is 321 g/mol. The Hall–Kier alpha value is -1.12. The number of hydrogen-bond donors (Lipinski definition) is 2. The summed E-state index contributed by atoms with van der Waals surface area (Å²) in [5.41, 5.74) is -2.94. The first-order valence-corrected chi connectivity index (χ1v) is 7.40.